The van der Waals surface area contributed by atoms with E-state index >= 15 is 0 Å². The molecule has 1 atom stereocenters. The fourth-order valence-corrected chi connectivity index (χ4v) is 5.51. The van der Waals surface area contributed by atoms with Crippen molar-refractivity contribution >= 4 is 23.2 Å². The zero-order valence-electron chi connectivity index (χ0n) is 20.8. The zero-order chi connectivity index (χ0) is 24.9. The molecule has 6 nitrogen and oxygen atoms in total. The molecule has 7 heteroatoms. The van der Waals surface area contributed by atoms with E-state index in [4.69, 9.17) is 4.74 Å². The van der Waals surface area contributed by atoms with Gasteiger partial charge in [0.15, 0.2) is 0 Å². The van der Waals surface area contributed by atoms with Crippen molar-refractivity contribution in [1.82, 2.24) is 15.2 Å². The number of piperidine rings is 1. The molecule has 0 bridgehead atoms. The summed E-state index contributed by atoms with van der Waals surface area (Å²) in [5, 5.41) is 3.93. The van der Waals surface area contributed by atoms with Crippen LogP contribution in [-0.4, -0.2) is 41.9 Å². The first-order valence-corrected chi connectivity index (χ1v) is 12.9. The summed E-state index contributed by atoms with van der Waals surface area (Å²) in [6.07, 6.45) is 1.65. The molecule has 0 spiro atoms. The SMILES string of the molecule is COc1ccc(CNC(=O)[C@H](C)C2CCN(C(=O)c3sc(-c4ccc(C)cc4)nc3C)CC2)cc1. The predicted octanol–water partition coefficient (Wildman–Crippen LogP) is 5.24. The number of likely N-dealkylation sites (tertiary alicyclic amines) is 1. The van der Waals surface area contributed by atoms with Crippen molar-refractivity contribution in [2.75, 3.05) is 20.2 Å². The lowest BCUT2D eigenvalue weighted by Crippen LogP contribution is -2.42. The number of aromatic nitrogens is 1. The lowest BCUT2D eigenvalue weighted by atomic mass is 9.84. The van der Waals surface area contributed by atoms with Crippen LogP contribution in [0.5, 0.6) is 5.75 Å². The van der Waals surface area contributed by atoms with Gasteiger partial charge in [0.25, 0.3) is 5.91 Å². The van der Waals surface area contributed by atoms with Crippen LogP contribution in [0.25, 0.3) is 10.6 Å². The van der Waals surface area contributed by atoms with E-state index in [-0.39, 0.29) is 23.7 Å². The minimum atomic E-state index is -0.0937. The van der Waals surface area contributed by atoms with Crippen LogP contribution in [0.1, 0.15) is 46.3 Å². The van der Waals surface area contributed by atoms with Gasteiger partial charge in [-0.25, -0.2) is 4.98 Å². The molecule has 0 unspecified atom stereocenters. The molecule has 3 aromatic rings. The number of rotatable bonds is 7. The largest absolute Gasteiger partial charge is 0.497 e. The maximum Gasteiger partial charge on any atom is 0.265 e. The molecule has 1 aromatic heterocycles. The number of methoxy groups -OCH3 is 1. The molecular formula is C28H33N3O3S. The third-order valence-corrected chi connectivity index (χ3v) is 8.06. The molecule has 1 N–H and O–H groups in total. The zero-order valence-corrected chi connectivity index (χ0v) is 21.7. The van der Waals surface area contributed by atoms with Crippen LogP contribution in [0.2, 0.25) is 0 Å². The van der Waals surface area contributed by atoms with Gasteiger partial charge in [0.05, 0.1) is 12.8 Å². The number of carbonyl (C=O) groups excluding carboxylic acids is 2. The molecule has 0 radical (unpaired) electrons. The molecular weight excluding hydrogens is 458 g/mol. The summed E-state index contributed by atoms with van der Waals surface area (Å²) in [6.45, 7) is 7.78. The normalized spacial score (nSPS) is 15.0. The summed E-state index contributed by atoms with van der Waals surface area (Å²) in [7, 11) is 1.64. The van der Waals surface area contributed by atoms with Gasteiger partial charge < -0.3 is 15.0 Å². The van der Waals surface area contributed by atoms with Gasteiger partial charge in [0, 0.05) is 31.1 Å². The number of nitrogens with zero attached hydrogens (tertiary/aromatic N) is 2. The fourth-order valence-electron chi connectivity index (χ4n) is 4.47. The minimum Gasteiger partial charge on any atom is -0.497 e. The fraction of sp³-hybridized carbons (Fsp3) is 0.393. The Balaban J connectivity index is 1.30. The first-order valence-electron chi connectivity index (χ1n) is 12.1. The van der Waals surface area contributed by atoms with Crippen molar-refractivity contribution in [3.8, 4) is 16.3 Å². The Morgan fingerprint density at radius 1 is 1.09 bits per heavy atom. The molecule has 2 amide bonds. The lowest BCUT2D eigenvalue weighted by molar-refractivity contribution is -0.126. The summed E-state index contributed by atoms with van der Waals surface area (Å²) >= 11 is 1.46. The van der Waals surface area contributed by atoms with E-state index in [1.807, 2.05) is 43.0 Å². The van der Waals surface area contributed by atoms with Crippen molar-refractivity contribution < 1.29 is 14.3 Å². The standard InChI is InChI=1S/C28H33N3O3S/c1-18-5-9-23(10-6-18)27-30-20(3)25(35-27)28(33)31-15-13-22(14-16-31)19(2)26(32)29-17-21-7-11-24(34-4)12-8-21/h5-12,19,22H,13-17H2,1-4H3,(H,29,32)/t19-/m1/s1. The van der Waals surface area contributed by atoms with Crippen LogP contribution in [0.15, 0.2) is 48.5 Å². The van der Waals surface area contributed by atoms with Crippen molar-refractivity contribution in [3.63, 3.8) is 0 Å². The third kappa shape index (κ3) is 5.90. The van der Waals surface area contributed by atoms with Gasteiger partial charge in [-0.1, -0.05) is 48.9 Å². The molecule has 0 saturated carbocycles. The van der Waals surface area contributed by atoms with Crippen molar-refractivity contribution in [2.24, 2.45) is 11.8 Å². The molecule has 4 rings (SSSR count). The number of carbonyl (C=O) groups is 2. The number of benzene rings is 2. The maximum atomic E-state index is 13.2. The Kier molecular flexibility index (Phi) is 7.86. The van der Waals surface area contributed by atoms with Crippen molar-refractivity contribution in [1.29, 1.82) is 0 Å². The number of hydrogen-bond acceptors (Lipinski definition) is 5. The molecule has 1 aliphatic heterocycles. The molecule has 184 valence electrons. The molecule has 2 heterocycles. The van der Waals surface area contributed by atoms with Gasteiger partial charge in [-0.05, 0) is 50.3 Å². The van der Waals surface area contributed by atoms with E-state index in [0.29, 0.717) is 24.5 Å². The molecule has 2 aromatic carbocycles. The van der Waals surface area contributed by atoms with E-state index in [2.05, 4.69) is 41.5 Å². The number of ether oxygens (including phenoxy) is 1. The Morgan fingerprint density at radius 3 is 2.37 bits per heavy atom. The van der Waals surface area contributed by atoms with Crippen molar-refractivity contribution in [3.05, 3.63) is 70.2 Å². The number of aryl methyl sites for hydroxylation is 2. The van der Waals surface area contributed by atoms with Gasteiger partial charge in [0.1, 0.15) is 15.6 Å². The minimum absolute atomic E-state index is 0.0495. The highest BCUT2D eigenvalue weighted by Crippen LogP contribution is 2.31. The molecule has 1 fully saturated rings. The number of nitrogens with one attached hydrogen (secondary N) is 1. The van der Waals surface area contributed by atoms with Crippen molar-refractivity contribution in [2.45, 2.75) is 40.2 Å². The van der Waals surface area contributed by atoms with Gasteiger partial charge in [-0.2, -0.15) is 0 Å². The summed E-state index contributed by atoms with van der Waals surface area (Å²) < 4.78 is 5.18. The van der Waals surface area contributed by atoms with Crippen LogP contribution in [0, 0.1) is 25.7 Å². The monoisotopic (exact) mass is 491 g/mol. The second-order valence-electron chi connectivity index (χ2n) is 9.28. The Morgan fingerprint density at radius 2 is 1.74 bits per heavy atom. The summed E-state index contributed by atoms with van der Waals surface area (Å²) in [5.41, 5.74) is 4.06. The summed E-state index contributed by atoms with van der Waals surface area (Å²) in [6, 6.07) is 15.9. The highest BCUT2D eigenvalue weighted by Gasteiger charge is 2.31. The van der Waals surface area contributed by atoms with Crippen LogP contribution >= 0.6 is 11.3 Å². The highest BCUT2D eigenvalue weighted by atomic mass is 32.1. The average Bonchev–Trinajstić information content (AvgIpc) is 3.28. The van der Waals surface area contributed by atoms with Crippen LogP contribution < -0.4 is 10.1 Å². The first kappa shape index (κ1) is 24.9. The number of thiazole rings is 1. The van der Waals surface area contributed by atoms with Crippen LogP contribution in [-0.2, 0) is 11.3 Å². The molecule has 1 aliphatic rings. The Hall–Kier alpha value is -3.19. The van der Waals surface area contributed by atoms with E-state index in [9.17, 15) is 9.59 Å². The lowest BCUT2D eigenvalue weighted by Gasteiger charge is -2.34. The van der Waals surface area contributed by atoms with E-state index in [1.165, 1.54) is 16.9 Å². The second-order valence-corrected chi connectivity index (χ2v) is 10.3. The maximum absolute atomic E-state index is 13.2. The Bertz CT molecular complexity index is 1160. The first-order chi connectivity index (χ1) is 16.9. The second kappa shape index (κ2) is 11.0. The van der Waals surface area contributed by atoms with Gasteiger partial charge in [-0.3, -0.25) is 9.59 Å². The Labute approximate surface area is 211 Å². The number of hydrogen-bond donors (Lipinski definition) is 1. The highest BCUT2D eigenvalue weighted by molar-refractivity contribution is 7.17. The smallest absolute Gasteiger partial charge is 0.265 e. The molecule has 0 aliphatic carbocycles. The van der Waals surface area contributed by atoms with Gasteiger partial charge >= 0.3 is 0 Å². The third-order valence-electron chi connectivity index (χ3n) is 6.86. The van der Waals surface area contributed by atoms with Gasteiger partial charge in [-0.15, -0.1) is 11.3 Å². The summed E-state index contributed by atoms with van der Waals surface area (Å²) in [5.74, 6) is 1.08. The number of amides is 2. The molecule has 1 saturated heterocycles. The topological polar surface area (TPSA) is 71.5 Å². The van der Waals surface area contributed by atoms with Gasteiger partial charge in [0.2, 0.25) is 5.91 Å². The van der Waals surface area contributed by atoms with Crippen LogP contribution in [0.4, 0.5) is 0 Å². The molecule has 35 heavy (non-hydrogen) atoms. The van der Waals surface area contributed by atoms with E-state index < -0.39 is 0 Å². The quantitative estimate of drug-likeness (QED) is 0.491. The summed E-state index contributed by atoms with van der Waals surface area (Å²) in [4.78, 5) is 33.3. The average molecular weight is 492 g/mol. The predicted molar refractivity (Wildman–Crippen MR) is 140 cm³/mol. The van der Waals surface area contributed by atoms with E-state index in [0.717, 1.165) is 40.4 Å². The van der Waals surface area contributed by atoms with Crippen LogP contribution in [0.3, 0.4) is 0 Å². The van der Waals surface area contributed by atoms with E-state index in [1.54, 1.807) is 7.11 Å².